The van der Waals surface area contributed by atoms with E-state index in [1.165, 1.54) is 5.56 Å². The summed E-state index contributed by atoms with van der Waals surface area (Å²) in [6, 6.07) is 14.1. The quantitative estimate of drug-likeness (QED) is 0.721. The summed E-state index contributed by atoms with van der Waals surface area (Å²) < 4.78 is 16.4. The summed E-state index contributed by atoms with van der Waals surface area (Å²) in [6.07, 6.45) is 0.820. The number of carbonyl (C=O) groups excluding carboxylic acids is 1. The lowest BCUT2D eigenvalue weighted by Gasteiger charge is -2.25. The molecule has 5 nitrogen and oxygen atoms in total. The maximum Gasteiger partial charge on any atom is 0.236 e. The molecule has 144 valence electrons. The van der Waals surface area contributed by atoms with Gasteiger partial charge in [0, 0.05) is 6.54 Å². The Morgan fingerprint density at radius 1 is 1.00 bits per heavy atom. The van der Waals surface area contributed by atoms with Gasteiger partial charge in [0.2, 0.25) is 11.7 Å². The van der Waals surface area contributed by atoms with Crippen LogP contribution in [0.25, 0.3) is 0 Å². The molecule has 0 spiro atoms. The van der Waals surface area contributed by atoms with Crippen LogP contribution in [-0.4, -0.2) is 43.9 Å². The summed E-state index contributed by atoms with van der Waals surface area (Å²) in [4.78, 5) is 14.7. The lowest BCUT2D eigenvalue weighted by atomic mass is 10.1. The molecule has 0 aromatic heterocycles. The van der Waals surface area contributed by atoms with Crippen LogP contribution < -0.4 is 14.2 Å². The number of carbonyl (C=O) groups is 1. The summed E-state index contributed by atoms with van der Waals surface area (Å²) in [7, 11) is 4.79. The van der Waals surface area contributed by atoms with E-state index in [2.05, 4.69) is 12.1 Å². The van der Waals surface area contributed by atoms with Crippen molar-refractivity contribution in [2.75, 3.05) is 27.9 Å². The first-order valence-electron chi connectivity index (χ1n) is 8.88. The van der Waals surface area contributed by atoms with Crippen molar-refractivity contribution in [3.05, 3.63) is 53.6 Å². The predicted molar refractivity (Wildman–Crippen MR) is 108 cm³/mol. The molecule has 2 aromatic rings. The van der Waals surface area contributed by atoms with Crippen LogP contribution >= 0.6 is 11.8 Å². The summed E-state index contributed by atoms with van der Waals surface area (Å²) in [5, 5.41) is -0.158. The van der Waals surface area contributed by atoms with Crippen molar-refractivity contribution in [2.24, 2.45) is 0 Å². The first-order chi connectivity index (χ1) is 13.1. The highest BCUT2D eigenvalue weighted by atomic mass is 32.2. The van der Waals surface area contributed by atoms with Gasteiger partial charge in [0.1, 0.15) is 5.37 Å². The van der Waals surface area contributed by atoms with Gasteiger partial charge in [-0.15, -0.1) is 11.8 Å². The minimum Gasteiger partial charge on any atom is -0.493 e. The lowest BCUT2D eigenvalue weighted by Crippen LogP contribution is -2.32. The largest absolute Gasteiger partial charge is 0.493 e. The van der Waals surface area contributed by atoms with Crippen LogP contribution in [0.5, 0.6) is 17.2 Å². The minimum atomic E-state index is -0.0788. The number of hydrogen-bond donors (Lipinski definition) is 0. The zero-order valence-corrected chi connectivity index (χ0v) is 16.9. The number of hydrogen-bond acceptors (Lipinski definition) is 5. The van der Waals surface area contributed by atoms with Gasteiger partial charge < -0.3 is 19.1 Å². The molecule has 1 amide bonds. The third-order valence-electron chi connectivity index (χ3n) is 4.70. The fraction of sp³-hybridized carbons (Fsp3) is 0.381. The van der Waals surface area contributed by atoms with E-state index >= 15 is 0 Å². The zero-order chi connectivity index (χ0) is 19.4. The molecule has 1 heterocycles. The fourth-order valence-electron chi connectivity index (χ4n) is 3.30. The maximum atomic E-state index is 12.8. The Bertz CT molecular complexity index is 771. The molecule has 0 saturated carbocycles. The summed E-state index contributed by atoms with van der Waals surface area (Å²) >= 11 is 1.65. The van der Waals surface area contributed by atoms with Crippen LogP contribution in [0.4, 0.5) is 0 Å². The van der Waals surface area contributed by atoms with Crippen molar-refractivity contribution in [3.63, 3.8) is 0 Å². The molecule has 2 atom stereocenters. The first kappa shape index (κ1) is 19.4. The highest BCUT2D eigenvalue weighted by Gasteiger charge is 2.38. The molecule has 1 aliphatic heterocycles. The average molecular weight is 388 g/mol. The average Bonchev–Trinajstić information content (AvgIpc) is 3.00. The van der Waals surface area contributed by atoms with Gasteiger partial charge in [0.05, 0.1) is 26.6 Å². The Labute approximate surface area is 164 Å². The van der Waals surface area contributed by atoms with Gasteiger partial charge in [-0.1, -0.05) is 30.3 Å². The molecule has 3 rings (SSSR count). The van der Waals surface area contributed by atoms with Crippen LogP contribution in [0.15, 0.2) is 42.5 Å². The van der Waals surface area contributed by atoms with Crippen LogP contribution in [-0.2, 0) is 11.2 Å². The molecule has 2 aromatic carbocycles. The molecule has 0 N–H and O–H groups in total. The fourth-order valence-corrected chi connectivity index (χ4v) is 4.59. The topological polar surface area (TPSA) is 48.0 Å². The van der Waals surface area contributed by atoms with Crippen molar-refractivity contribution in [2.45, 2.75) is 24.0 Å². The molecule has 0 radical (unpaired) electrons. The lowest BCUT2D eigenvalue weighted by molar-refractivity contribution is -0.129. The highest BCUT2D eigenvalue weighted by Crippen LogP contribution is 2.47. The van der Waals surface area contributed by atoms with Gasteiger partial charge in [-0.3, -0.25) is 4.79 Å². The van der Waals surface area contributed by atoms with Gasteiger partial charge in [-0.2, -0.15) is 0 Å². The highest BCUT2D eigenvalue weighted by molar-refractivity contribution is 8.01. The Morgan fingerprint density at radius 2 is 1.63 bits per heavy atom. The van der Waals surface area contributed by atoms with Crippen molar-refractivity contribution < 1.29 is 19.0 Å². The van der Waals surface area contributed by atoms with E-state index in [4.69, 9.17) is 14.2 Å². The van der Waals surface area contributed by atoms with Crippen molar-refractivity contribution >= 4 is 17.7 Å². The van der Waals surface area contributed by atoms with E-state index in [0.717, 1.165) is 12.0 Å². The Morgan fingerprint density at radius 3 is 2.19 bits per heavy atom. The van der Waals surface area contributed by atoms with Gasteiger partial charge in [0.15, 0.2) is 11.5 Å². The molecular weight excluding hydrogens is 362 g/mol. The minimum absolute atomic E-state index is 0.0788. The number of rotatable bonds is 7. The predicted octanol–water partition coefficient (Wildman–Crippen LogP) is 3.92. The molecular formula is C21H25NO4S. The number of nitrogens with zero attached hydrogens (tertiary/aromatic N) is 1. The standard InChI is InChI=1S/C21H25NO4S/c1-14-20(23)22(11-10-15-8-6-5-7-9-15)21(27-14)16-12-17(24-2)19(26-4)18(13-16)25-3/h5-9,12-14,21H,10-11H2,1-4H3/t14-,21+/m0/s1. The first-order valence-corrected chi connectivity index (χ1v) is 9.83. The molecule has 1 aliphatic rings. The second-order valence-corrected chi connectivity index (χ2v) is 7.78. The van der Waals surface area contributed by atoms with Crippen LogP contribution in [0.2, 0.25) is 0 Å². The monoisotopic (exact) mass is 387 g/mol. The molecule has 6 heteroatoms. The molecule has 0 unspecified atom stereocenters. The number of benzene rings is 2. The normalized spacial score (nSPS) is 19.3. The van der Waals surface area contributed by atoms with Crippen LogP contribution in [0, 0.1) is 0 Å². The number of ether oxygens (including phenoxy) is 3. The van der Waals surface area contributed by atoms with Crippen LogP contribution in [0.3, 0.4) is 0 Å². The zero-order valence-electron chi connectivity index (χ0n) is 16.1. The third-order valence-corrected chi connectivity index (χ3v) is 6.10. The van der Waals surface area contributed by atoms with E-state index in [1.807, 2.05) is 42.2 Å². The second kappa shape index (κ2) is 8.57. The maximum absolute atomic E-state index is 12.8. The van der Waals surface area contributed by atoms with Gasteiger partial charge in [-0.05, 0) is 36.6 Å². The molecule has 0 bridgehead atoms. The third kappa shape index (κ3) is 4.00. The summed E-state index contributed by atoms with van der Waals surface area (Å²) in [5.41, 5.74) is 2.19. The molecule has 1 fully saturated rings. The van der Waals surface area contributed by atoms with E-state index in [9.17, 15) is 4.79 Å². The molecule has 1 saturated heterocycles. The second-order valence-electron chi connectivity index (χ2n) is 6.36. The van der Waals surface area contributed by atoms with Gasteiger partial charge in [0.25, 0.3) is 0 Å². The van der Waals surface area contributed by atoms with E-state index in [0.29, 0.717) is 23.8 Å². The number of amides is 1. The smallest absolute Gasteiger partial charge is 0.236 e. The van der Waals surface area contributed by atoms with E-state index in [1.54, 1.807) is 33.1 Å². The summed E-state index contributed by atoms with van der Waals surface area (Å²) in [5.74, 6) is 1.92. The van der Waals surface area contributed by atoms with Gasteiger partial charge in [-0.25, -0.2) is 0 Å². The van der Waals surface area contributed by atoms with E-state index in [-0.39, 0.29) is 16.5 Å². The summed E-state index contributed by atoms with van der Waals surface area (Å²) in [6.45, 7) is 2.63. The van der Waals surface area contributed by atoms with Crippen molar-refractivity contribution in [3.8, 4) is 17.2 Å². The van der Waals surface area contributed by atoms with Crippen LogP contribution in [0.1, 0.15) is 23.4 Å². The van der Waals surface area contributed by atoms with Crippen molar-refractivity contribution in [1.29, 1.82) is 0 Å². The van der Waals surface area contributed by atoms with Gasteiger partial charge >= 0.3 is 0 Å². The molecule has 27 heavy (non-hydrogen) atoms. The van der Waals surface area contributed by atoms with Crippen molar-refractivity contribution in [1.82, 2.24) is 4.90 Å². The number of methoxy groups -OCH3 is 3. The Hall–Kier alpha value is -2.34. The molecule has 0 aliphatic carbocycles. The Balaban J connectivity index is 1.90. The Kier molecular flexibility index (Phi) is 6.16. The number of thioether (sulfide) groups is 1. The SMILES string of the molecule is COc1cc([C@H]2S[C@@H](C)C(=O)N2CCc2ccccc2)cc(OC)c1OC. The van der Waals surface area contributed by atoms with E-state index < -0.39 is 0 Å².